The van der Waals surface area contributed by atoms with Crippen molar-refractivity contribution in [1.29, 1.82) is 0 Å². The number of nitrogens with one attached hydrogen (secondary N) is 1. The first-order chi connectivity index (χ1) is 13.0. The van der Waals surface area contributed by atoms with Gasteiger partial charge in [0.05, 0.1) is 5.02 Å². The summed E-state index contributed by atoms with van der Waals surface area (Å²) >= 11 is 13.4. The van der Waals surface area contributed by atoms with E-state index >= 15 is 0 Å². The van der Waals surface area contributed by atoms with E-state index in [1.807, 2.05) is 24.5 Å². The number of nitrogens with zero attached hydrogens (tertiary/aromatic N) is 2. The highest BCUT2D eigenvalue weighted by Gasteiger charge is 2.23. The number of carbonyl (C=O) groups excluding carboxylic acids is 1. The van der Waals surface area contributed by atoms with Gasteiger partial charge in [0, 0.05) is 42.3 Å². The van der Waals surface area contributed by atoms with Crippen molar-refractivity contribution in [3.63, 3.8) is 0 Å². The van der Waals surface area contributed by atoms with Crippen LogP contribution in [0.3, 0.4) is 0 Å². The van der Waals surface area contributed by atoms with Gasteiger partial charge in [-0.1, -0.05) is 30.1 Å². The smallest absolute Gasteiger partial charge is 0.151 e. The van der Waals surface area contributed by atoms with Gasteiger partial charge in [0.15, 0.2) is 6.29 Å². The second-order valence-corrected chi connectivity index (χ2v) is 8.37. The van der Waals surface area contributed by atoms with Crippen LogP contribution in [0.4, 0.5) is 11.5 Å². The summed E-state index contributed by atoms with van der Waals surface area (Å²) in [6.07, 6.45) is 5.99. The van der Waals surface area contributed by atoms with Crippen molar-refractivity contribution in [3.05, 3.63) is 51.6 Å². The number of hydrogen-bond donors (Lipinski definition) is 1. The molecule has 4 nitrogen and oxygen atoms in total. The average molecular weight is 426 g/mol. The van der Waals surface area contributed by atoms with E-state index in [0.29, 0.717) is 10.6 Å². The van der Waals surface area contributed by atoms with Crippen molar-refractivity contribution in [1.82, 2.24) is 4.98 Å². The molecule has 0 radical (unpaired) electrons. The Morgan fingerprint density at radius 3 is 2.63 bits per heavy atom. The number of pyridine rings is 1. The van der Waals surface area contributed by atoms with Crippen LogP contribution in [0.25, 0.3) is 0 Å². The zero-order valence-corrected chi connectivity index (χ0v) is 18.2. The Labute approximate surface area is 175 Å². The molecular formula is C20H25Cl2N3OS. The summed E-state index contributed by atoms with van der Waals surface area (Å²) in [4.78, 5) is 14.8. The number of hydrogen-bond acceptors (Lipinski definition) is 5. The molecule has 0 spiro atoms. The van der Waals surface area contributed by atoms with Gasteiger partial charge in [-0.15, -0.1) is 0 Å². The third-order valence-corrected chi connectivity index (χ3v) is 5.77. The lowest BCUT2D eigenvalue weighted by atomic mass is 10.1. The molecule has 0 unspecified atom stereocenters. The third kappa shape index (κ3) is 6.91. The predicted octanol–water partition coefficient (Wildman–Crippen LogP) is 6.30. The van der Waals surface area contributed by atoms with Crippen LogP contribution in [0.1, 0.15) is 48.0 Å². The summed E-state index contributed by atoms with van der Waals surface area (Å²) in [7, 11) is 3.84. The number of aromatic nitrogens is 1. The molecule has 0 amide bonds. The standard InChI is InChI=1S/C10H13ClN2OS.C10H12ClN/c1-3-4-15-13(2)10-5-8(7-14)9(11)6-12-10;1-12-10-5-8(7-2-3-7)4-9(11)6-10/h5-7H,3-4H2,1-2H3;4-7,12H,2-3H2,1H3. The van der Waals surface area contributed by atoms with Crippen molar-refractivity contribution in [2.24, 2.45) is 0 Å². The number of aldehydes is 1. The minimum absolute atomic E-state index is 0.391. The van der Waals surface area contributed by atoms with Gasteiger partial charge in [-0.25, -0.2) is 4.98 Å². The summed E-state index contributed by atoms with van der Waals surface area (Å²) in [5, 5.41) is 4.33. The fourth-order valence-corrected chi connectivity index (χ4v) is 3.49. The maximum absolute atomic E-state index is 10.7. The maximum Gasteiger partial charge on any atom is 0.151 e. The van der Waals surface area contributed by atoms with Gasteiger partial charge in [-0.3, -0.25) is 4.79 Å². The van der Waals surface area contributed by atoms with E-state index in [1.54, 1.807) is 18.0 Å². The summed E-state index contributed by atoms with van der Waals surface area (Å²) in [6, 6.07) is 7.90. The quantitative estimate of drug-likeness (QED) is 0.416. The van der Waals surface area contributed by atoms with E-state index in [4.69, 9.17) is 23.2 Å². The lowest BCUT2D eigenvalue weighted by Gasteiger charge is -2.16. The molecule has 0 atom stereocenters. The Morgan fingerprint density at radius 2 is 2.04 bits per heavy atom. The number of halogens is 2. The summed E-state index contributed by atoms with van der Waals surface area (Å²) in [5.41, 5.74) is 2.97. The van der Waals surface area contributed by atoms with Crippen molar-refractivity contribution in [2.45, 2.75) is 32.1 Å². The minimum atomic E-state index is 0.391. The summed E-state index contributed by atoms with van der Waals surface area (Å²) < 4.78 is 1.94. The lowest BCUT2D eigenvalue weighted by molar-refractivity contribution is 0.112. The van der Waals surface area contributed by atoms with Crippen LogP contribution < -0.4 is 9.62 Å². The fraction of sp³-hybridized carbons (Fsp3) is 0.400. The SMILES string of the molecule is CCCSN(C)c1cc(C=O)c(Cl)cn1.CNc1cc(Cl)cc(C2CC2)c1. The zero-order valence-electron chi connectivity index (χ0n) is 15.8. The highest BCUT2D eigenvalue weighted by Crippen LogP contribution is 2.41. The van der Waals surface area contributed by atoms with Crippen LogP contribution in [0, 0.1) is 0 Å². The van der Waals surface area contributed by atoms with E-state index in [0.717, 1.165) is 40.9 Å². The zero-order chi connectivity index (χ0) is 19.8. The molecule has 7 heteroatoms. The van der Waals surface area contributed by atoms with Crippen molar-refractivity contribution < 1.29 is 4.79 Å². The van der Waals surface area contributed by atoms with Crippen molar-refractivity contribution >= 4 is 52.9 Å². The molecule has 1 N–H and O–H groups in total. The second kappa shape index (κ2) is 10.8. The van der Waals surface area contributed by atoms with Crippen molar-refractivity contribution in [3.8, 4) is 0 Å². The molecule has 146 valence electrons. The molecular weight excluding hydrogens is 401 g/mol. The van der Waals surface area contributed by atoms with Crippen LogP contribution in [0.5, 0.6) is 0 Å². The molecule has 2 aromatic rings. The van der Waals surface area contributed by atoms with Gasteiger partial charge in [0.25, 0.3) is 0 Å². The average Bonchev–Trinajstić information content (AvgIpc) is 3.51. The Kier molecular flexibility index (Phi) is 8.74. The number of benzene rings is 1. The van der Waals surface area contributed by atoms with E-state index < -0.39 is 0 Å². The van der Waals surface area contributed by atoms with Gasteiger partial charge in [0.2, 0.25) is 0 Å². The van der Waals surface area contributed by atoms with Gasteiger partial charge in [-0.05, 0) is 67.0 Å². The fourth-order valence-electron chi connectivity index (χ4n) is 2.41. The number of carbonyl (C=O) groups is 1. The van der Waals surface area contributed by atoms with Crippen LogP contribution in [-0.4, -0.2) is 31.1 Å². The highest BCUT2D eigenvalue weighted by atomic mass is 35.5. The normalized spacial score (nSPS) is 12.8. The van der Waals surface area contributed by atoms with Gasteiger partial charge in [0.1, 0.15) is 5.82 Å². The van der Waals surface area contributed by atoms with Crippen LogP contribution >= 0.6 is 35.1 Å². The van der Waals surface area contributed by atoms with Gasteiger partial charge in [-0.2, -0.15) is 0 Å². The molecule has 1 aromatic heterocycles. The monoisotopic (exact) mass is 425 g/mol. The number of rotatable bonds is 7. The Hall–Kier alpha value is -1.43. The molecule has 0 aliphatic heterocycles. The van der Waals surface area contributed by atoms with Crippen LogP contribution in [0.2, 0.25) is 10.0 Å². The molecule has 1 aromatic carbocycles. The van der Waals surface area contributed by atoms with E-state index in [-0.39, 0.29) is 0 Å². The molecule has 1 fully saturated rings. The molecule has 0 bridgehead atoms. The molecule has 1 aliphatic rings. The first-order valence-electron chi connectivity index (χ1n) is 8.94. The lowest BCUT2D eigenvalue weighted by Crippen LogP contribution is -2.09. The molecule has 0 saturated heterocycles. The first-order valence-corrected chi connectivity index (χ1v) is 10.6. The molecule has 27 heavy (non-hydrogen) atoms. The molecule has 1 heterocycles. The first kappa shape index (κ1) is 21.9. The van der Waals surface area contributed by atoms with Gasteiger partial charge < -0.3 is 9.62 Å². The molecule has 3 rings (SSSR count). The predicted molar refractivity (Wildman–Crippen MR) is 119 cm³/mol. The van der Waals surface area contributed by atoms with E-state index in [2.05, 4.69) is 29.4 Å². The Balaban J connectivity index is 0.000000198. The molecule has 1 aliphatic carbocycles. The largest absolute Gasteiger partial charge is 0.388 e. The minimum Gasteiger partial charge on any atom is -0.388 e. The summed E-state index contributed by atoms with van der Waals surface area (Å²) in [5.74, 6) is 2.55. The highest BCUT2D eigenvalue weighted by molar-refractivity contribution is 8.00. The Morgan fingerprint density at radius 1 is 1.30 bits per heavy atom. The Bertz CT molecular complexity index is 769. The third-order valence-electron chi connectivity index (χ3n) is 4.07. The van der Waals surface area contributed by atoms with Crippen LogP contribution in [-0.2, 0) is 0 Å². The van der Waals surface area contributed by atoms with Crippen molar-refractivity contribution in [2.75, 3.05) is 29.5 Å². The van der Waals surface area contributed by atoms with Gasteiger partial charge >= 0.3 is 0 Å². The summed E-state index contributed by atoms with van der Waals surface area (Å²) in [6.45, 7) is 2.12. The van der Waals surface area contributed by atoms with E-state index in [9.17, 15) is 4.79 Å². The maximum atomic E-state index is 10.7. The van der Waals surface area contributed by atoms with Crippen LogP contribution in [0.15, 0.2) is 30.5 Å². The number of anilines is 2. The topological polar surface area (TPSA) is 45.2 Å². The van der Waals surface area contributed by atoms with E-state index in [1.165, 1.54) is 24.6 Å². The second-order valence-electron chi connectivity index (χ2n) is 6.31. The molecule has 1 saturated carbocycles.